The molecule has 4 rings (SSSR count). The highest BCUT2D eigenvalue weighted by Gasteiger charge is 2.59. The number of allylic oxidation sites excluding steroid dienone is 1. The van der Waals surface area contributed by atoms with Crippen molar-refractivity contribution in [2.75, 3.05) is 6.61 Å². The molecule has 3 N–H and O–H groups in total. The van der Waals surface area contributed by atoms with Crippen LogP contribution in [0.1, 0.15) is 65.9 Å². The topological polar surface area (TPSA) is 119 Å². The summed E-state index contributed by atoms with van der Waals surface area (Å²) < 4.78 is 22.7. The van der Waals surface area contributed by atoms with E-state index < -0.39 is 36.7 Å². The van der Waals surface area contributed by atoms with Crippen LogP contribution in [0.25, 0.3) is 0 Å². The number of aliphatic hydroxyl groups excluding tert-OH is 3. The molecule has 202 valence electrons. The predicted molar refractivity (Wildman–Crippen MR) is 132 cm³/mol. The largest absolute Gasteiger partial charge is 0.472 e. The van der Waals surface area contributed by atoms with Crippen molar-refractivity contribution in [1.29, 1.82) is 0 Å². The molecule has 10 atom stereocenters. The Labute approximate surface area is 213 Å². The maximum Gasteiger partial charge on any atom is 0.302 e. The van der Waals surface area contributed by atoms with Crippen molar-refractivity contribution in [3.8, 4) is 0 Å². The first-order valence-corrected chi connectivity index (χ1v) is 13.1. The summed E-state index contributed by atoms with van der Waals surface area (Å²) in [4.78, 5) is 11.3. The number of hydrogen-bond acceptors (Lipinski definition) is 8. The van der Waals surface area contributed by atoms with Gasteiger partial charge in [0.2, 0.25) is 0 Å². The number of fused-ring (bicyclic) bond motifs is 1. The number of hydrogen-bond donors (Lipinski definition) is 3. The zero-order valence-corrected chi connectivity index (χ0v) is 22.1. The first kappa shape index (κ1) is 27.3. The third kappa shape index (κ3) is 4.90. The van der Waals surface area contributed by atoms with Gasteiger partial charge in [0.15, 0.2) is 6.29 Å². The van der Waals surface area contributed by atoms with E-state index in [1.165, 1.54) is 18.1 Å². The van der Waals surface area contributed by atoms with E-state index in [0.29, 0.717) is 11.8 Å². The van der Waals surface area contributed by atoms with Crippen molar-refractivity contribution in [1.82, 2.24) is 0 Å². The zero-order valence-electron chi connectivity index (χ0n) is 22.1. The summed E-state index contributed by atoms with van der Waals surface area (Å²) >= 11 is 0. The second-order valence-corrected chi connectivity index (χ2v) is 11.5. The summed E-state index contributed by atoms with van der Waals surface area (Å²) in [6.07, 6.45) is 3.95. The van der Waals surface area contributed by atoms with Crippen LogP contribution in [0.4, 0.5) is 0 Å². The van der Waals surface area contributed by atoms with Gasteiger partial charge >= 0.3 is 5.97 Å². The molecule has 10 unspecified atom stereocenters. The second kappa shape index (κ2) is 10.6. The van der Waals surface area contributed by atoms with Gasteiger partial charge in [0.1, 0.15) is 31.0 Å². The first-order valence-electron chi connectivity index (χ1n) is 13.1. The first-order chi connectivity index (χ1) is 17.0. The zero-order chi connectivity index (χ0) is 26.3. The Hall–Kier alpha value is -1.71. The van der Waals surface area contributed by atoms with Crippen molar-refractivity contribution in [3.05, 3.63) is 35.8 Å². The van der Waals surface area contributed by atoms with Crippen molar-refractivity contribution >= 4 is 5.97 Å². The number of carbonyl (C=O) groups is 1. The minimum absolute atomic E-state index is 0.0704. The molecule has 0 radical (unpaired) electrons. The SMILES string of the molecule is CC(=O)OCC1OC(OC2CC(C)C(C)(CCc3ccoc3)C3CCC=C(C)C23C)C(O)C(O)C1O. The van der Waals surface area contributed by atoms with E-state index in [4.69, 9.17) is 18.6 Å². The number of esters is 1. The van der Waals surface area contributed by atoms with Gasteiger partial charge in [-0.3, -0.25) is 4.79 Å². The Kier molecular flexibility index (Phi) is 8.03. The number of aryl methyl sites for hydroxylation is 1. The lowest BCUT2D eigenvalue weighted by atomic mass is 9.46. The van der Waals surface area contributed by atoms with Gasteiger partial charge < -0.3 is 33.9 Å². The number of rotatable bonds is 7. The lowest BCUT2D eigenvalue weighted by molar-refractivity contribution is -0.327. The molecule has 0 bridgehead atoms. The van der Waals surface area contributed by atoms with Gasteiger partial charge in [-0.05, 0) is 67.9 Å². The molecule has 3 aliphatic rings. The van der Waals surface area contributed by atoms with Gasteiger partial charge in [-0.15, -0.1) is 0 Å². The molecule has 0 aromatic carbocycles. The van der Waals surface area contributed by atoms with E-state index in [1.54, 1.807) is 6.26 Å². The molecule has 1 aromatic rings. The van der Waals surface area contributed by atoms with Crippen LogP contribution in [0, 0.1) is 22.7 Å². The normalized spacial score (nSPS) is 42.9. The fourth-order valence-corrected chi connectivity index (χ4v) is 6.93. The van der Waals surface area contributed by atoms with Crippen LogP contribution >= 0.6 is 0 Å². The van der Waals surface area contributed by atoms with Crippen molar-refractivity contribution < 1.29 is 38.7 Å². The van der Waals surface area contributed by atoms with Crippen LogP contribution in [0.2, 0.25) is 0 Å². The van der Waals surface area contributed by atoms with E-state index >= 15 is 0 Å². The lowest BCUT2D eigenvalue weighted by Crippen LogP contribution is -2.63. The van der Waals surface area contributed by atoms with Crippen LogP contribution in [0.3, 0.4) is 0 Å². The molecule has 8 nitrogen and oxygen atoms in total. The molecule has 1 saturated heterocycles. The van der Waals surface area contributed by atoms with Gasteiger partial charge in [-0.25, -0.2) is 0 Å². The van der Waals surface area contributed by atoms with E-state index in [-0.39, 0.29) is 23.5 Å². The van der Waals surface area contributed by atoms with Crippen molar-refractivity contribution in [2.24, 2.45) is 22.7 Å². The molecular weight excluding hydrogens is 464 g/mol. The van der Waals surface area contributed by atoms with E-state index in [2.05, 4.69) is 33.8 Å². The minimum atomic E-state index is -1.47. The fraction of sp³-hybridized carbons (Fsp3) is 0.750. The summed E-state index contributed by atoms with van der Waals surface area (Å²) in [5, 5.41) is 31.6. The third-order valence-corrected chi connectivity index (χ3v) is 9.59. The number of furan rings is 1. The molecular formula is C28H42O8. The number of carbonyl (C=O) groups excluding carboxylic acids is 1. The Morgan fingerprint density at radius 3 is 2.61 bits per heavy atom. The van der Waals surface area contributed by atoms with Gasteiger partial charge in [-0.2, -0.15) is 0 Å². The number of aliphatic hydroxyl groups is 3. The summed E-state index contributed by atoms with van der Waals surface area (Å²) in [7, 11) is 0. The maximum absolute atomic E-state index is 11.3. The standard InChI is InChI=1S/C28H42O8/c1-16-7-6-8-21-27(4,11-9-19-10-12-33-14-19)17(2)13-22(28(16,21)5)36-26-25(32)24(31)23(30)20(35-26)15-34-18(3)29/h7,10,12,14,17,20-26,30-32H,6,8-9,11,13,15H2,1-5H3. The van der Waals surface area contributed by atoms with Gasteiger partial charge in [0, 0.05) is 12.3 Å². The van der Waals surface area contributed by atoms with Crippen molar-refractivity contribution in [3.63, 3.8) is 0 Å². The average molecular weight is 507 g/mol. The smallest absolute Gasteiger partial charge is 0.302 e. The molecule has 36 heavy (non-hydrogen) atoms. The van der Waals surface area contributed by atoms with Crippen molar-refractivity contribution in [2.45, 2.75) is 104 Å². The third-order valence-electron chi connectivity index (χ3n) is 9.59. The average Bonchev–Trinajstić information content (AvgIpc) is 3.36. The molecule has 1 aromatic heterocycles. The molecule has 2 aliphatic carbocycles. The fourth-order valence-electron chi connectivity index (χ4n) is 6.93. The molecule has 2 heterocycles. The Morgan fingerprint density at radius 1 is 1.19 bits per heavy atom. The molecule has 1 saturated carbocycles. The maximum atomic E-state index is 11.3. The number of ether oxygens (including phenoxy) is 3. The summed E-state index contributed by atoms with van der Waals surface area (Å²) in [6.45, 7) is 10.1. The minimum Gasteiger partial charge on any atom is -0.472 e. The molecule has 1 aliphatic heterocycles. The molecule has 8 heteroatoms. The van der Waals surface area contributed by atoms with Gasteiger partial charge in [-0.1, -0.05) is 32.4 Å². The van der Waals surface area contributed by atoms with E-state index in [9.17, 15) is 20.1 Å². The highest BCUT2D eigenvalue weighted by atomic mass is 16.7. The molecule has 0 spiro atoms. The Morgan fingerprint density at radius 2 is 1.94 bits per heavy atom. The van der Waals surface area contributed by atoms with Crippen LogP contribution in [0.15, 0.2) is 34.7 Å². The van der Waals surface area contributed by atoms with Gasteiger partial charge in [0.05, 0.1) is 18.6 Å². The second-order valence-electron chi connectivity index (χ2n) is 11.5. The lowest BCUT2D eigenvalue weighted by Gasteiger charge is -2.61. The summed E-state index contributed by atoms with van der Waals surface area (Å²) in [6, 6.07) is 2.03. The van der Waals surface area contributed by atoms with Crippen LogP contribution in [-0.2, 0) is 25.4 Å². The highest BCUT2D eigenvalue weighted by molar-refractivity contribution is 5.65. The quantitative estimate of drug-likeness (QED) is 0.381. The summed E-state index contributed by atoms with van der Waals surface area (Å²) in [5.41, 5.74) is 2.26. The van der Waals surface area contributed by atoms with E-state index in [1.807, 2.05) is 12.3 Å². The van der Waals surface area contributed by atoms with E-state index in [0.717, 1.165) is 32.1 Å². The predicted octanol–water partition coefficient (Wildman–Crippen LogP) is 3.38. The van der Waals surface area contributed by atoms with Crippen LogP contribution in [0.5, 0.6) is 0 Å². The van der Waals surface area contributed by atoms with Crippen LogP contribution in [-0.4, -0.2) is 64.7 Å². The summed E-state index contributed by atoms with van der Waals surface area (Å²) in [5.74, 6) is 0.174. The Bertz CT molecular complexity index is 928. The molecule has 2 fully saturated rings. The monoisotopic (exact) mass is 506 g/mol. The Balaban J connectivity index is 1.57. The highest BCUT2D eigenvalue weighted by Crippen LogP contribution is 2.62. The van der Waals surface area contributed by atoms with Gasteiger partial charge in [0.25, 0.3) is 0 Å². The van der Waals surface area contributed by atoms with Crippen LogP contribution < -0.4 is 0 Å². The molecule has 0 amide bonds.